The quantitative estimate of drug-likeness (QED) is 0.0284. The highest BCUT2D eigenvalue weighted by Crippen LogP contribution is 2.39. The molecule has 15 aromatic carbocycles. The minimum Gasteiger partial charge on any atom is -0.489 e. The molecule has 0 atom stereocenters. The van der Waals surface area contributed by atoms with Crippen LogP contribution in [0.25, 0.3) is 11.1 Å². The summed E-state index contributed by atoms with van der Waals surface area (Å²) >= 11 is 0. The van der Waals surface area contributed by atoms with E-state index in [1.807, 2.05) is 133 Å². The predicted octanol–water partition coefficient (Wildman–Crippen LogP) is 25.4. The summed E-state index contributed by atoms with van der Waals surface area (Å²) in [7, 11) is 0. The maximum atomic E-state index is 10.1. The number of aliphatic hydroxyl groups is 4. The fourth-order valence-electron chi connectivity index (χ4n) is 13.5. The first-order valence-corrected chi connectivity index (χ1v) is 44.6. The monoisotopic (exact) mass is 1770 g/mol. The molecule has 16 nitrogen and oxygen atoms in total. The summed E-state index contributed by atoms with van der Waals surface area (Å²) in [5.74, 6) is 7.57. The van der Waals surface area contributed by atoms with Gasteiger partial charge in [-0.2, -0.15) is 0 Å². The maximum absolute atomic E-state index is 10.1. The second-order valence-corrected chi connectivity index (χ2v) is 32.6. The number of hydrogen-bond acceptors (Lipinski definition) is 16. The van der Waals surface area contributed by atoms with E-state index in [0.29, 0.717) is 127 Å². The second-order valence-electron chi connectivity index (χ2n) is 32.6. The van der Waals surface area contributed by atoms with Crippen molar-refractivity contribution in [2.24, 2.45) is 0 Å². The Morgan fingerprint density at radius 2 is 0.318 bits per heavy atom. The van der Waals surface area contributed by atoms with E-state index in [4.69, 9.17) is 67.1 Å². The molecule has 0 aromatic heterocycles. The summed E-state index contributed by atoms with van der Waals surface area (Å²) in [4.78, 5) is 0. The van der Waals surface area contributed by atoms with Gasteiger partial charge in [0.2, 0.25) is 0 Å². The van der Waals surface area contributed by atoms with Gasteiger partial charge < -0.3 is 77.3 Å². The van der Waals surface area contributed by atoms with E-state index < -0.39 is 0 Å². The van der Waals surface area contributed by atoms with Crippen LogP contribution in [-0.2, 0) is 92.5 Å². The van der Waals surface area contributed by atoms with Crippen molar-refractivity contribution in [1.82, 2.24) is 0 Å². The lowest BCUT2D eigenvalue weighted by molar-refractivity contribution is 0.252. The first kappa shape index (κ1) is 96.8. The lowest BCUT2D eigenvalue weighted by Crippen LogP contribution is -2.04. The smallest absolute Gasteiger partial charge is 0.162 e. The Hall–Kier alpha value is -14.3. The van der Waals surface area contributed by atoms with E-state index in [0.717, 1.165) is 83.5 Å². The number of benzene rings is 15. The van der Waals surface area contributed by atoms with Gasteiger partial charge in [0, 0.05) is 25.3 Å². The van der Waals surface area contributed by atoms with Gasteiger partial charge in [0.15, 0.2) is 46.0 Å². The highest BCUT2D eigenvalue weighted by molar-refractivity contribution is 5.68. The topological polar surface area (TPSA) is 192 Å². The third kappa shape index (κ3) is 31.6. The average Bonchev–Trinajstić information content (AvgIpc) is 0.577. The zero-order valence-corrected chi connectivity index (χ0v) is 77.2. The number of aryl methyl sites for hydroxylation is 8. The van der Waals surface area contributed by atoms with Gasteiger partial charge in [-0.15, -0.1) is 0 Å². The molecule has 0 spiro atoms. The van der Waals surface area contributed by atoms with Gasteiger partial charge in [0.1, 0.15) is 102 Å². The van der Waals surface area contributed by atoms with Gasteiger partial charge in [-0.3, -0.25) is 0 Å². The minimum absolute atomic E-state index is 0.0310. The van der Waals surface area contributed by atoms with Crippen molar-refractivity contribution in [3.05, 3.63) is 450 Å². The van der Waals surface area contributed by atoms with Crippen LogP contribution in [-0.4, -0.2) is 33.6 Å². The SMILES string of the molecule is CCO.CCO.Cc1ccc(COc2ccc(COc3cc(CO)cc(OCc4ccc(OCc5ccc(C)cc5)c(OCc5ccc(C)cc5)c4)c3)cc2OCc2ccc(C)cc2)cc1.Cc1ccc(COc2ccc(COc3cc(OCc4ccc(OCc5ccc(C)cc5)c(OCc5ccc(C)cc5)c4)cc(-c4ccc(CO)cc4)c3)cc2OCc2ccc(C)cc2)cc1. The lowest BCUT2D eigenvalue weighted by Gasteiger charge is -2.17. The van der Waals surface area contributed by atoms with Crippen LogP contribution in [0, 0.1) is 55.4 Å². The molecule has 0 unspecified atom stereocenters. The third-order valence-electron chi connectivity index (χ3n) is 21.2. The lowest BCUT2D eigenvalue weighted by atomic mass is 10.0. The summed E-state index contributed by atoms with van der Waals surface area (Å²) in [6, 6.07) is 109. The zero-order valence-electron chi connectivity index (χ0n) is 77.2. The van der Waals surface area contributed by atoms with Crippen LogP contribution in [0.1, 0.15) is 136 Å². The molecule has 0 amide bonds. The largest absolute Gasteiger partial charge is 0.489 e. The summed E-state index contributed by atoms with van der Waals surface area (Å²) < 4.78 is 76.3. The first-order chi connectivity index (χ1) is 64.3. The van der Waals surface area contributed by atoms with Crippen molar-refractivity contribution in [1.29, 1.82) is 0 Å². The molecule has 0 bridgehead atoms. The average molecular weight is 1770 g/mol. The molecule has 0 radical (unpaired) electrons. The minimum atomic E-state index is -0.165. The van der Waals surface area contributed by atoms with Crippen molar-refractivity contribution in [2.75, 3.05) is 13.2 Å². The van der Waals surface area contributed by atoms with Crippen molar-refractivity contribution < 1.29 is 77.3 Å². The Morgan fingerprint density at radius 3 is 0.515 bits per heavy atom. The molecular formula is C116H120O16. The standard InChI is InChI=1S/C59H56O7.C53H52O7.2C2H6O/c1-41-5-13-46(14-6-41)35-63-56-27-23-50(29-58(56)65-37-48-17-9-43(3)10-18-48)39-61-54-31-53(52-25-21-45(34-60)22-26-52)32-55(33-54)62-40-51-24-28-57(64-36-47-15-7-42(2)8-16-47)59(30-51)66-38-49-19-11-44(4)12-20-49;1-37-5-13-41(14-6-37)31-57-50-23-21-45(27-52(50)59-33-43-17-9-39(3)10-18-43)35-55-48-25-47(30-54)26-49(29-48)56-36-46-22-24-51(58-32-42-15-7-38(2)8-16-42)53(28-46)60-34-44-19-11-40(4)12-20-44;2*1-2-3/h5-33,60H,34-40H2,1-4H3;5-29,54H,30-36H2,1-4H3;2*3H,2H2,1H3. The number of rotatable bonds is 39. The van der Waals surface area contributed by atoms with Crippen LogP contribution in [0.15, 0.2) is 328 Å². The second kappa shape index (κ2) is 50.6. The molecule has 15 rings (SSSR count). The Bertz CT molecular complexity index is 5680. The van der Waals surface area contributed by atoms with Crippen LogP contribution in [0.5, 0.6) is 69.0 Å². The molecule has 4 N–H and O–H groups in total. The fourth-order valence-corrected chi connectivity index (χ4v) is 13.5. The third-order valence-corrected chi connectivity index (χ3v) is 21.2. The van der Waals surface area contributed by atoms with Gasteiger partial charge in [0.05, 0.1) is 13.2 Å². The van der Waals surface area contributed by atoms with E-state index in [-0.39, 0.29) is 52.9 Å². The van der Waals surface area contributed by atoms with Crippen molar-refractivity contribution in [3.8, 4) is 80.1 Å². The molecule has 0 saturated carbocycles. The Morgan fingerprint density at radius 1 is 0.152 bits per heavy atom. The number of ether oxygens (including phenoxy) is 12. The van der Waals surface area contributed by atoms with Gasteiger partial charge in [-0.05, 0) is 231 Å². The Balaban J connectivity index is 0.000000226. The highest BCUT2D eigenvalue weighted by Gasteiger charge is 2.18. The molecule has 0 aliphatic carbocycles. The molecule has 0 aliphatic heterocycles. The molecule has 15 aromatic rings. The maximum Gasteiger partial charge on any atom is 0.162 e. The molecule has 0 heterocycles. The van der Waals surface area contributed by atoms with Crippen LogP contribution in [0.4, 0.5) is 0 Å². The van der Waals surface area contributed by atoms with E-state index in [2.05, 4.69) is 250 Å². The van der Waals surface area contributed by atoms with Crippen molar-refractivity contribution in [2.45, 2.75) is 162 Å². The van der Waals surface area contributed by atoms with E-state index in [1.165, 1.54) is 44.5 Å². The number of hydrogen-bond donors (Lipinski definition) is 4. The van der Waals surface area contributed by atoms with E-state index >= 15 is 0 Å². The van der Waals surface area contributed by atoms with Crippen molar-refractivity contribution in [3.63, 3.8) is 0 Å². The summed E-state index contributed by atoms with van der Waals surface area (Å²) in [6.45, 7) is 24.6. The van der Waals surface area contributed by atoms with Crippen LogP contribution >= 0.6 is 0 Å². The van der Waals surface area contributed by atoms with Crippen LogP contribution in [0.3, 0.4) is 0 Å². The first-order valence-electron chi connectivity index (χ1n) is 44.6. The molecular weight excluding hydrogens is 1650 g/mol. The molecule has 132 heavy (non-hydrogen) atoms. The predicted molar refractivity (Wildman–Crippen MR) is 523 cm³/mol. The summed E-state index contributed by atoms with van der Waals surface area (Å²) in [6.07, 6.45) is 0. The van der Waals surface area contributed by atoms with Gasteiger partial charge in [-0.1, -0.05) is 287 Å². The molecule has 16 heteroatoms. The molecule has 0 aliphatic rings. The van der Waals surface area contributed by atoms with Gasteiger partial charge in [-0.25, -0.2) is 0 Å². The van der Waals surface area contributed by atoms with Gasteiger partial charge in [0.25, 0.3) is 0 Å². The zero-order chi connectivity index (χ0) is 92.8. The fraction of sp³-hybridized carbons (Fsp3) is 0.224. The molecule has 680 valence electrons. The molecule has 0 fully saturated rings. The highest BCUT2D eigenvalue weighted by atomic mass is 16.5. The van der Waals surface area contributed by atoms with E-state index in [9.17, 15) is 10.2 Å². The Labute approximate surface area is 777 Å². The van der Waals surface area contributed by atoms with Crippen molar-refractivity contribution >= 4 is 0 Å². The molecule has 0 saturated heterocycles. The Kier molecular flexibility index (Phi) is 37.1. The van der Waals surface area contributed by atoms with Gasteiger partial charge >= 0.3 is 0 Å². The van der Waals surface area contributed by atoms with Crippen LogP contribution < -0.4 is 56.8 Å². The normalized spacial score (nSPS) is 10.7. The number of aliphatic hydroxyl groups excluding tert-OH is 4. The van der Waals surface area contributed by atoms with Crippen LogP contribution in [0.2, 0.25) is 0 Å². The van der Waals surface area contributed by atoms with E-state index in [1.54, 1.807) is 13.8 Å². The summed E-state index contributed by atoms with van der Waals surface area (Å²) in [5, 5.41) is 35.0. The summed E-state index contributed by atoms with van der Waals surface area (Å²) in [5.41, 5.74) is 25.2.